The number of nitrogens with zero attached hydrogens (tertiary/aromatic N) is 3. The topological polar surface area (TPSA) is 72.2 Å². The minimum absolute atomic E-state index is 0.0924. The minimum atomic E-state index is -0.190. The summed E-state index contributed by atoms with van der Waals surface area (Å²) in [5.41, 5.74) is 3.21. The first-order valence-corrected chi connectivity index (χ1v) is 11.4. The second kappa shape index (κ2) is 5.57. The number of hydrogen-bond donors (Lipinski definition) is 1. The van der Waals surface area contributed by atoms with Crippen molar-refractivity contribution in [2.45, 2.75) is 0 Å². The average Bonchev–Trinajstić information content (AvgIpc) is 3.34. The summed E-state index contributed by atoms with van der Waals surface area (Å²) in [5.74, 6) is 0. The predicted molar refractivity (Wildman–Crippen MR) is 135 cm³/mol. The SMILES string of the molecule is Cn1c(=O)[nH]c2cc3c(cc21)nc1c2ccc4c5ccccc5sc5ccc(c(=O)n31)c2c54. The quantitative estimate of drug-likeness (QED) is 0.259. The standard InChI is InChI=1S/C26H14N4O2S/c1-29-18-10-17-19(11-16(18)28-26(29)32)30-24(27-17)14-7-6-13-12-4-2-3-5-20(12)33-21-9-8-15(25(30)31)22(14)23(13)21/h2-11H,1H3,(H,28,32). The lowest BCUT2D eigenvalue weighted by Crippen LogP contribution is -2.13. The first-order chi connectivity index (χ1) is 16.1. The Bertz CT molecular complexity index is 2250. The fraction of sp³-hybridized carbons (Fsp3) is 0.0385. The van der Waals surface area contributed by atoms with E-state index in [2.05, 4.69) is 47.4 Å². The lowest BCUT2D eigenvalue weighted by atomic mass is 9.97. The van der Waals surface area contributed by atoms with Gasteiger partial charge < -0.3 is 4.98 Å². The first kappa shape index (κ1) is 17.3. The Morgan fingerprint density at radius 1 is 0.818 bits per heavy atom. The van der Waals surface area contributed by atoms with Crippen molar-refractivity contribution in [1.82, 2.24) is 18.9 Å². The molecule has 7 heteroatoms. The van der Waals surface area contributed by atoms with Gasteiger partial charge in [-0.05, 0) is 47.2 Å². The van der Waals surface area contributed by atoms with Crippen LogP contribution in [0.3, 0.4) is 0 Å². The number of fused-ring (bicyclic) bond motifs is 7. The molecular formula is C26H14N4O2S. The van der Waals surface area contributed by atoms with Crippen molar-refractivity contribution in [3.8, 4) is 0 Å². The molecule has 0 saturated carbocycles. The van der Waals surface area contributed by atoms with E-state index in [1.165, 1.54) is 10.1 Å². The summed E-state index contributed by atoms with van der Waals surface area (Å²) in [4.78, 5) is 33.6. The number of aromatic amines is 1. The number of hydrogen-bond acceptors (Lipinski definition) is 4. The summed E-state index contributed by atoms with van der Waals surface area (Å²) < 4.78 is 5.63. The predicted octanol–water partition coefficient (Wildman–Crippen LogP) is 5.14. The Morgan fingerprint density at radius 3 is 2.55 bits per heavy atom. The van der Waals surface area contributed by atoms with Crippen molar-refractivity contribution in [2.75, 3.05) is 0 Å². The lowest BCUT2D eigenvalue weighted by molar-refractivity contribution is 0.892. The average molecular weight is 446 g/mol. The van der Waals surface area contributed by atoms with Crippen LogP contribution in [0.4, 0.5) is 0 Å². The van der Waals surface area contributed by atoms with Gasteiger partial charge in [0.1, 0.15) is 5.65 Å². The van der Waals surface area contributed by atoms with E-state index in [1.54, 1.807) is 27.4 Å². The Morgan fingerprint density at radius 2 is 1.64 bits per heavy atom. The van der Waals surface area contributed by atoms with Gasteiger partial charge in [-0.2, -0.15) is 0 Å². The maximum Gasteiger partial charge on any atom is 0.326 e. The van der Waals surface area contributed by atoms with Crippen LogP contribution < -0.4 is 11.2 Å². The molecule has 4 heterocycles. The molecule has 8 rings (SSSR count). The maximum atomic E-state index is 13.8. The molecule has 0 bridgehead atoms. The normalized spacial score (nSPS) is 12.6. The molecule has 0 saturated heterocycles. The zero-order valence-electron chi connectivity index (χ0n) is 17.3. The van der Waals surface area contributed by atoms with Gasteiger partial charge >= 0.3 is 5.69 Å². The van der Waals surface area contributed by atoms with E-state index < -0.39 is 0 Å². The number of nitrogens with one attached hydrogen (secondary N) is 1. The summed E-state index contributed by atoms with van der Waals surface area (Å²) in [5, 5.41) is 6.08. The molecule has 0 aliphatic carbocycles. The Balaban J connectivity index is 1.66. The molecule has 0 amide bonds. The van der Waals surface area contributed by atoms with E-state index in [1.807, 2.05) is 18.2 Å². The zero-order chi connectivity index (χ0) is 22.0. The van der Waals surface area contributed by atoms with Crippen LogP contribution in [0.15, 0.2) is 70.3 Å². The molecule has 33 heavy (non-hydrogen) atoms. The zero-order valence-corrected chi connectivity index (χ0v) is 18.2. The number of H-pyrrole nitrogens is 1. The highest BCUT2D eigenvalue weighted by Crippen LogP contribution is 2.41. The highest BCUT2D eigenvalue weighted by Gasteiger charge is 2.20. The first-order valence-electron chi connectivity index (χ1n) is 10.6. The van der Waals surface area contributed by atoms with Gasteiger partial charge in [-0.25, -0.2) is 9.78 Å². The highest BCUT2D eigenvalue weighted by molar-refractivity contribution is 7.25. The van der Waals surface area contributed by atoms with E-state index in [4.69, 9.17) is 4.98 Å². The van der Waals surface area contributed by atoms with Crippen molar-refractivity contribution in [3.63, 3.8) is 0 Å². The van der Waals surface area contributed by atoms with Gasteiger partial charge in [0.2, 0.25) is 0 Å². The smallest absolute Gasteiger partial charge is 0.305 e. The Kier molecular flexibility index (Phi) is 2.93. The van der Waals surface area contributed by atoms with Crippen molar-refractivity contribution in [2.24, 2.45) is 7.05 Å². The molecule has 0 spiro atoms. The molecule has 4 aromatic carbocycles. The van der Waals surface area contributed by atoms with Crippen molar-refractivity contribution in [3.05, 3.63) is 81.5 Å². The Labute approximate surface area is 188 Å². The van der Waals surface area contributed by atoms with Crippen LogP contribution in [-0.2, 0) is 7.05 Å². The molecule has 0 radical (unpaired) electrons. The number of aryl methyl sites for hydroxylation is 1. The molecule has 0 aliphatic rings. The molecule has 1 N–H and O–H groups in total. The summed E-state index contributed by atoms with van der Waals surface area (Å²) in [6, 6.07) is 20.3. The van der Waals surface area contributed by atoms with E-state index in [0.717, 1.165) is 31.8 Å². The van der Waals surface area contributed by atoms with E-state index in [0.29, 0.717) is 27.6 Å². The minimum Gasteiger partial charge on any atom is -0.305 e. The molecule has 0 aliphatic heterocycles. The summed E-state index contributed by atoms with van der Waals surface area (Å²) >= 11 is 1.75. The van der Waals surface area contributed by atoms with Crippen LogP contribution >= 0.6 is 11.3 Å². The van der Waals surface area contributed by atoms with Crippen molar-refractivity contribution < 1.29 is 0 Å². The second-order valence-corrected chi connectivity index (χ2v) is 9.63. The van der Waals surface area contributed by atoms with Crippen LogP contribution in [0.1, 0.15) is 0 Å². The fourth-order valence-corrected chi connectivity index (χ4v) is 6.46. The molecule has 156 valence electrons. The number of pyridine rings is 1. The number of imidazole rings is 2. The van der Waals surface area contributed by atoms with Crippen LogP contribution in [-0.4, -0.2) is 18.9 Å². The molecule has 0 atom stereocenters. The molecule has 8 aromatic rings. The summed E-state index contributed by atoms with van der Waals surface area (Å²) in [6.07, 6.45) is 0. The summed E-state index contributed by atoms with van der Waals surface area (Å²) in [7, 11) is 1.72. The fourth-order valence-electron chi connectivity index (χ4n) is 5.34. The second-order valence-electron chi connectivity index (χ2n) is 8.54. The number of rotatable bonds is 0. The molecule has 0 unspecified atom stereocenters. The third-order valence-electron chi connectivity index (χ3n) is 6.87. The van der Waals surface area contributed by atoms with Crippen LogP contribution in [0.2, 0.25) is 0 Å². The largest absolute Gasteiger partial charge is 0.326 e. The highest BCUT2D eigenvalue weighted by atomic mass is 32.1. The van der Waals surface area contributed by atoms with E-state index in [-0.39, 0.29) is 11.2 Å². The molecular weight excluding hydrogens is 432 g/mol. The van der Waals surface area contributed by atoms with Gasteiger partial charge in [0.25, 0.3) is 5.56 Å². The van der Waals surface area contributed by atoms with Gasteiger partial charge in [0, 0.05) is 38.0 Å². The lowest BCUT2D eigenvalue weighted by Gasteiger charge is -2.13. The van der Waals surface area contributed by atoms with E-state index >= 15 is 0 Å². The van der Waals surface area contributed by atoms with E-state index in [9.17, 15) is 9.59 Å². The molecule has 0 fully saturated rings. The van der Waals surface area contributed by atoms with Crippen LogP contribution in [0.5, 0.6) is 0 Å². The summed E-state index contributed by atoms with van der Waals surface area (Å²) in [6.45, 7) is 0. The van der Waals surface area contributed by atoms with Crippen LogP contribution in [0, 0.1) is 0 Å². The number of benzene rings is 4. The third kappa shape index (κ3) is 1.97. The van der Waals surface area contributed by atoms with Gasteiger partial charge in [0.15, 0.2) is 0 Å². The van der Waals surface area contributed by atoms with Crippen molar-refractivity contribution in [1.29, 1.82) is 0 Å². The van der Waals surface area contributed by atoms with Gasteiger partial charge in [-0.3, -0.25) is 13.8 Å². The van der Waals surface area contributed by atoms with Gasteiger partial charge in [-0.15, -0.1) is 11.3 Å². The number of aromatic nitrogens is 4. The van der Waals surface area contributed by atoms with Crippen molar-refractivity contribution >= 4 is 80.8 Å². The van der Waals surface area contributed by atoms with Crippen LogP contribution in [0.25, 0.3) is 69.4 Å². The Hall–Kier alpha value is -4.23. The molecule has 6 nitrogen and oxygen atoms in total. The maximum absolute atomic E-state index is 13.8. The van der Waals surface area contributed by atoms with Gasteiger partial charge in [0.05, 0.1) is 22.1 Å². The third-order valence-corrected chi connectivity index (χ3v) is 8.01. The molecule has 4 aromatic heterocycles. The monoisotopic (exact) mass is 446 g/mol. The van der Waals surface area contributed by atoms with Gasteiger partial charge in [-0.1, -0.05) is 24.3 Å².